The Morgan fingerprint density at radius 2 is 1.96 bits per heavy atom. The topological polar surface area (TPSA) is 86.0 Å². The Kier molecular flexibility index (Phi) is 4.55. The highest BCUT2D eigenvalue weighted by Crippen LogP contribution is 2.34. The SMILES string of the molecule is Cc1ccc2nc(Nc3ncnc(Oc4ccc(Cl)c(C)c4)c3N)sc2c1. The van der Waals surface area contributed by atoms with Gasteiger partial charge in [-0.25, -0.2) is 9.97 Å². The minimum absolute atomic E-state index is 0.270. The van der Waals surface area contributed by atoms with Crippen LogP contribution >= 0.6 is 22.9 Å². The maximum atomic E-state index is 6.20. The van der Waals surface area contributed by atoms with Crippen molar-refractivity contribution < 1.29 is 4.74 Å². The van der Waals surface area contributed by atoms with Crippen LogP contribution in [-0.4, -0.2) is 15.0 Å². The van der Waals surface area contributed by atoms with Gasteiger partial charge in [0, 0.05) is 5.02 Å². The molecule has 0 amide bonds. The Bertz CT molecular complexity index is 1140. The van der Waals surface area contributed by atoms with Crippen molar-refractivity contribution in [2.24, 2.45) is 0 Å². The van der Waals surface area contributed by atoms with E-state index in [1.165, 1.54) is 23.2 Å². The number of anilines is 3. The smallest absolute Gasteiger partial charge is 0.248 e. The second-order valence-corrected chi connectivity index (χ2v) is 7.51. The highest BCUT2D eigenvalue weighted by Gasteiger charge is 2.13. The number of hydrogen-bond donors (Lipinski definition) is 2. The van der Waals surface area contributed by atoms with Crippen LogP contribution in [0.1, 0.15) is 11.1 Å². The van der Waals surface area contributed by atoms with Crippen LogP contribution in [0, 0.1) is 13.8 Å². The summed E-state index contributed by atoms with van der Waals surface area (Å²) in [6.07, 6.45) is 1.40. The highest BCUT2D eigenvalue weighted by atomic mass is 35.5. The van der Waals surface area contributed by atoms with Crippen LogP contribution in [0.15, 0.2) is 42.7 Å². The average Bonchev–Trinajstić information content (AvgIpc) is 3.03. The summed E-state index contributed by atoms with van der Waals surface area (Å²) < 4.78 is 6.90. The fourth-order valence-electron chi connectivity index (χ4n) is 2.54. The van der Waals surface area contributed by atoms with Crippen LogP contribution < -0.4 is 15.8 Å². The molecule has 0 fully saturated rings. The molecule has 4 rings (SSSR count). The third-order valence-electron chi connectivity index (χ3n) is 3.96. The number of nitrogens with two attached hydrogens (primary N) is 1. The van der Waals surface area contributed by atoms with Gasteiger partial charge in [-0.2, -0.15) is 4.98 Å². The molecular formula is C19H16ClN5OS. The van der Waals surface area contributed by atoms with Crippen LogP contribution in [0.2, 0.25) is 5.02 Å². The number of hydrogen-bond acceptors (Lipinski definition) is 7. The summed E-state index contributed by atoms with van der Waals surface area (Å²) in [7, 11) is 0. The van der Waals surface area contributed by atoms with Crippen molar-refractivity contribution in [1.29, 1.82) is 0 Å². The fraction of sp³-hybridized carbons (Fsp3) is 0.105. The number of rotatable bonds is 4. The molecule has 0 aliphatic carbocycles. The minimum Gasteiger partial charge on any atom is -0.437 e. The minimum atomic E-state index is 0.270. The summed E-state index contributed by atoms with van der Waals surface area (Å²) in [6.45, 7) is 3.96. The quantitative estimate of drug-likeness (QED) is 0.474. The number of nitrogens with zero attached hydrogens (tertiary/aromatic N) is 3. The highest BCUT2D eigenvalue weighted by molar-refractivity contribution is 7.22. The lowest BCUT2D eigenvalue weighted by Crippen LogP contribution is -2.03. The first-order valence-electron chi connectivity index (χ1n) is 8.18. The van der Waals surface area contributed by atoms with Crippen LogP contribution in [0.3, 0.4) is 0 Å². The van der Waals surface area contributed by atoms with Crippen LogP contribution in [0.4, 0.5) is 16.6 Å². The molecular weight excluding hydrogens is 382 g/mol. The third kappa shape index (κ3) is 3.65. The van der Waals surface area contributed by atoms with E-state index in [2.05, 4.69) is 33.3 Å². The summed E-state index contributed by atoms with van der Waals surface area (Å²) in [5, 5.41) is 4.53. The van der Waals surface area contributed by atoms with Gasteiger partial charge in [0.05, 0.1) is 10.2 Å². The zero-order chi connectivity index (χ0) is 19.0. The van der Waals surface area contributed by atoms with E-state index in [0.29, 0.717) is 27.4 Å². The summed E-state index contributed by atoms with van der Waals surface area (Å²) in [5.74, 6) is 1.32. The molecule has 2 aromatic carbocycles. The standard InChI is InChI=1S/C19H16ClN5OS/c1-10-3-6-14-15(7-10)27-19(24-14)25-17-16(21)18(23-9-22-17)26-12-4-5-13(20)11(2)8-12/h3-9H,21H2,1-2H3,(H,22,23,24,25). The molecule has 0 atom stereocenters. The van der Waals surface area contributed by atoms with Crippen molar-refractivity contribution >= 4 is 49.8 Å². The van der Waals surface area contributed by atoms with Crippen molar-refractivity contribution in [3.8, 4) is 11.6 Å². The fourth-order valence-corrected chi connectivity index (χ4v) is 3.62. The predicted octanol–water partition coefficient (Wildman–Crippen LogP) is 5.47. The van der Waals surface area contributed by atoms with Gasteiger partial charge in [-0.15, -0.1) is 0 Å². The van der Waals surface area contributed by atoms with Crippen molar-refractivity contribution in [1.82, 2.24) is 15.0 Å². The zero-order valence-electron chi connectivity index (χ0n) is 14.7. The van der Waals surface area contributed by atoms with Crippen molar-refractivity contribution in [2.75, 3.05) is 11.1 Å². The van der Waals surface area contributed by atoms with E-state index in [0.717, 1.165) is 15.8 Å². The van der Waals surface area contributed by atoms with E-state index >= 15 is 0 Å². The predicted molar refractivity (Wildman–Crippen MR) is 110 cm³/mol. The molecule has 6 nitrogen and oxygen atoms in total. The summed E-state index contributed by atoms with van der Waals surface area (Å²) >= 11 is 7.59. The van der Waals surface area contributed by atoms with E-state index in [4.69, 9.17) is 22.1 Å². The van der Waals surface area contributed by atoms with Gasteiger partial charge in [0.15, 0.2) is 10.9 Å². The summed E-state index contributed by atoms with van der Waals surface area (Å²) in [5.41, 5.74) is 9.53. The van der Waals surface area contributed by atoms with E-state index in [-0.39, 0.29) is 5.88 Å². The molecule has 0 spiro atoms. The first-order valence-corrected chi connectivity index (χ1v) is 9.38. The molecule has 8 heteroatoms. The molecule has 0 radical (unpaired) electrons. The van der Waals surface area contributed by atoms with E-state index in [1.54, 1.807) is 12.1 Å². The lowest BCUT2D eigenvalue weighted by atomic mass is 10.2. The number of thiazole rings is 1. The molecule has 136 valence electrons. The lowest BCUT2D eigenvalue weighted by Gasteiger charge is -2.11. The summed E-state index contributed by atoms with van der Waals surface area (Å²) in [6, 6.07) is 11.5. The van der Waals surface area contributed by atoms with Crippen molar-refractivity contribution in [3.05, 3.63) is 58.9 Å². The van der Waals surface area contributed by atoms with E-state index < -0.39 is 0 Å². The molecule has 2 heterocycles. The molecule has 0 saturated heterocycles. The number of benzene rings is 2. The first kappa shape index (κ1) is 17.5. The normalized spacial score (nSPS) is 10.9. The van der Waals surface area contributed by atoms with Gasteiger partial charge in [-0.05, 0) is 55.3 Å². The number of nitrogen functional groups attached to an aromatic ring is 1. The van der Waals surface area contributed by atoms with Gasteiger partial charge < -0.3 is 15.8 Å². The number of aryl methyl sites for hydroxylation is 2. The Balaban J connectivity index is 1.61. The van der Waals surface area contributed by atoms with Gasteiger partial charge in [-0.3, -0.25) is 0 Å². The van der Waals surface area contributed by atoms with E-state index in [1.807, 2.05) is 25.1 Å². The molecule has 3 N–H and O–H groups in total. The molecule has 0 saturated carbocycles. The molecule has 0 aliphatic heterocycles. The van der Waals surface area contributed by atoms with Gasteiger partial charge in [0.2, 0.25) is 5.88 Å². The number of nitrogens with one attached hydrogen (secondary N) is 1. The number of aromatic nitrogens is 3. The van der Waals surface area contributed by atoms with Crippen LogP contribution in [0.25, 0.3) is 10.2 Å². The van der Waals surface area contributed by atoms with Gasteiger partial charge in [0.1, 0.15) is 17.8 Å². The third-order valence-corrected chi connectivity index (χ3v) is 5.32. The number of halogens is 1. The maximum Gasteiger partial charge on any atom is 0.248 e. The second kappa shape index (κ2) is 7.02. The zero-order valence-corrected chi connectivity index (χ0v) is 16.2. The molecule has 4 aromatic rings. The van der Waals surface area contributed by atoms with Crippen molar-refractivity contribution in [2.45, 2.75) is 13.8 Å². The second-order valence-electron chi connectivity index (χ2n) is 6.07. The molecule has 0 unspecified atom stereocenters. The molecule has 0 bridgehead atoms. The number of fused-ring (bicyclic) bond motifs is 1. The average molecular weight is 398 g/mol. The van der Waals surface area contributed by atoms with Gasteiger partial charge >= 0.3 is 0 Å². The largest absolute Gasteiger partial charge is 0.437 e. The first-order chi connectivity index (χ1) is 13.0. The van der Waals surface area contributed by atoms with Crippen LogP contribution in [0.5, 0.6) is 11.6 Å². The van der Waals surface area contributed by atoms with Gasteiger partial charge in [-0.1, -0.05) is 29.0 Å². The Morgan fingerprint density at radius 3 is 2.78 bits per heavy atom. The van der Waals surface area contributed by atoms with E-state index in [9.17, 15) is 0 Å². The van der Waals surface area contributed by atoms with Crippen LogP contribution in [-0.2, 0) is 0 Å². The van der Waals surface area contributed by atoms with Gasteiger partial charge in [0.25, 0.3) is 0 Å². The Hall–Kier alpha value is -2.90. The Labute approximate surface area is 165 Å². The van der Waals surface area contributed by atoms with Crippen molar-refractivity contribution in [3.63, 3.8) is 0 Å². The lowest BCUT2D eigenvalue weighted by molar-refractivity contribution is 0.464. The Morgan fingerprint density at radius 1 is 1.11 bits per heavy atom. The summed E-state index contributed by atoms with van der Waals surface area (Å²) in [4.78, 5) is 12.9. The molecule has 2 aromatic heterocycles. The number of ether oxygens (including phenoxy) is 1. The molecule has 0 aliphatic rings. The molecule has 27 heavy (non-hydrogen) atoms. The monoisotopic (exact) mass is 397 g/mol. The maximum absolute atomic E-state index is 6.20.